The van der Waals surface area contributed by atoms with E-state index in [4.69, 9.17) is 4.74 Å². The smallest absolute Gasteiger partial charge is 0.250 e. The molecule has 1 heterocycles. The molecule has 0 spiro atoms. The summed E-state index contributed by atoms with van der Waals surface area (Å²) in [5, 5.41) is 2.77. The van der Waals surface area contributed by atoms with Crippen LogP contribution in [-0.4, -0.2) is 23.6 Å². The van der Waals surface area contributed by atoms with Crippen LogP contribution in [-0.2, 0) is 11.3 Å². The summed E-state index contributed by atoms with van der Waals surface area (Å²) in [6.45, 7) is 1.10. The van der Waals surface area contributed by atoms with Gasteiger partial charge in [0.2, 0.25) is 5.91 Å². The fourth-order valence-corrected chi connectivity index (χ4v) is 1.81. The van der Waals surface area contributed by atoms with E-state index in [1.54, 1.807) is 18.3 Å². The van der Waals surface area contributed by atoms with Crippen LogP contribution in [0, 0.1) is 0 Å². The van der Waals surface area contributed by atoms with Crippen molar-refractivity contribution < 1.29 is 9.53 Å². The van der Waals surface area contributed by atoms with Gasteiger partial charge in [-0.2, -0.15) is 0 Å². The molecule has 0 aliphatic heterocycles. The number of nitrogens with one attached hydrogen (secondary N) is 1. The largest absolute Gasteiger partial charge is 0.494 e. The van der Waals surface area contributed by atoms with Gasteiger partial charge in [-0.3, -0.25) is 9.59 Å². The van der Waals surface area contributed by atoms with E-state index < -0.39 is 0 Å². The molecule has 5 nitrogen and oxygen atoms in total. The molecule has 1 N–H and O–H groups in total. The predicted octanol–water partition coefficient (Wildman–Crippen LogP) is 1.43. The molecule has 2 aromatic rings. The summed E-state index contributed by atoms with van der Waals surface area (Å²) < 4.78 is 6.89. The second-order valence-electron chi connectivity index (χ2n) is 4.53. The standard InChI is InChI=1S/C16H18N2O3/c19-15(13-18-11-5-4-9-16(18)20)17-10-6-12-21-14-7-2-1-3-8-14/h1-5,7-9,11H,6,10,12-13H2,(H,17,19). The first-order valence-electron chi connectivity index (χ1n) is 6.86. The monoisotopic (exact) mass is 286 g/mol. The maximum atomic E-state index is 11.7. The van der Waals surface area contributed by atoms with Crippen molar-refractivity contribution in [3.63, 3.8) is 0 Å². The maximum absolute atomic E-state index is 11.7. The molecule has 1 aromatic heterocycles. The first-order valence-corrected chi connectivity index (χ1v) is 6.86. The Morgan fingerprint density at radius 3 is 2.62 bits per heavy atom. The molecular weight excluding hydrogens is 268 g/mol. The third kappa shape index (κ3) is 5.14. The van der Waals surface area contributed by atoms with Gasteiger partial charge in [0.1, 0.15) is 12.3 Å². The van der Waals surface area contributed by atoms with Crippen LogP contribution >= 0.6 is 0 Å². The summed E-state index contributed by atoms with van der Waals surface area (Å²) in [5.74, 6) is 0.641. The van der Waals surface area contributed by atoms with Crippen LogP contribution in [0.2, 0.25) is 0 Å². The third-order valence-corrected chi connectivity index (χ3v) is 2.87. The van der Waals surface area contributed by atoms with Crippen molar-refractivity contribution in [1.82, 2.24) is 9.88 Å². The minimum atomic E-state index is -0.180. The number of nitrogens with zero attached hydrogens (tertiary/aromatic N) is 1. The average Bonchev–Trinajstić information content (AvgIpc) is 2.50. The Labute approximate surface area is 123 Å². The fraction of sp³-hybridized carbons (Fsp3) is 0.250. The molecule has 1 aromatic carbocycles. The number of pyridine rings is 1. The maximum Gasteiger partial charge on any atom is 0.250 e. The van der Waals surface area contributed by atoms with E-state index in [1.165, 1.54) is 10.6 Å². The van der Waals surface area contributed by atoms with Crippen molar-refractivity contribution in [2.75, 3.05) is 13.2 Å². The number of carbonyl (C=O) groups excluding carboxylic acids is 1. The number of carbonyl (C=O) groups is 1. The molecule has 5 heteroatoms. The second-order valence-corrected chi connectivity index (χ2v) is 4.53. The van der Waals surface area contributed by atoms with Gasteiger partial charge in [0.05, 0.1) is 6.61 Å². The summed E-state index contributed by atoms with van der Waals surface area (Å²) in [7, 11) is 0. The molecule has 21 heavy (non-hydrogen) atoms. The summed E-state index contributed by atoms with van der Waals surface area (Å²) in [6, 6.07) is 14.3. The Balaban J connectivity index is 1.64. The van der Waals surface area contributed by atoms with Gasteiger partial charge in [-0.15, -0.1) is 0 Å². The van der Waals surface area contributed by atoms with Crippen molar-refractivity contribution in [2.45, 2.75) is 13.0 Å². The Hall–Kier alpha value is -2.56. The van der Waals surface area contributed by atoms with Gasteiger partial charge in [0.25, 0.3) is 5.56 Å². The molecule has 0 aliphatic carbocycles. The Kier molecular flexibility index (Phi) is 5.58. The molecular formula is C16H18N2O3. The number of aromatic nitrogens is 1. The van der Waals surface area contributed by atoms with Gasteiger partial charge in [0, 0.05) is 18.8 Å². The molecule has 0 atom stereocenters. The third-order valence-electron chi connectivity index (χ3n) is 2.87. The zero-order chi connectivity index (χ0) is 14.9. The van der Waals surface area contributed by atoms with Crippen molar-refractivity contribution in [2.24, 2.45) is 0 Å². The zero-order valence-corrected chi connectivity index (χ0v) is 11.7. The Morgan fingerprint density at radius 1 is 1.10 bits per heavy atom. The normalized spacial score (nSPS) is 10.1. The lowest BCUT2D eigenvalue weighted by Crippen LogP contribution is -2.32. The number of benzene rings is 1. The van der Waals surface area contributed by atoms with Gasteiger partial charge in [-0.1, -0.05) is 24.3 Å². The fourth-order valence-electron chi connectivity index (χ4n) is 1.81. The molecule has 0 radical (unpaired) electrons. The lowest BCUT2D eigenvalue weighted by molar-refractivity contribution is -0.121. The van der Waals surface area contributed by atoms with Crippen molar-refractivity contribution in [3.8, 4) is 5.75 Å². The van der Waals surface area contributed by atoms with Crippen LogP contribution in [0.1, 0.15) is 6.42 Å². The van der Waals surface area contributed by atoms with E-state index in [9.17, 15) is 9.59 Å². The van der Waals surface area contributed by atoms with Gasteiger partial charge in [-0.25, -0.2) is 0 Å². The van der Waals surface area contributed by atoms with E-state index in [2.05, 4.69) is 5.32 Å². The number of para-hydroxylation sites is 1. The van der Waals surface area contributed by atoms with Crippen LogP contribution in [0.5, 0.6) is 5.75 Å². The summed E-state index contributed by atoms with van der Waals surface area (Å²) in [6.07, 6.45) is 2.31. The first kappa shape index (κ1) is 14.8. The van der Waals surface area contributed by atoms with Crippen molar-refractivity contribution in [3.05, 3.63) is 65.1 Å². The van der Waals surface area contributed by atoms with Crippen molar-refractivity contribution >= 4 is 5.91 Å². The van der Waals surface area contributed by atoms with Gasteiger partial charge < -0.3 is 14.6 Å². The average molecular weight is 286 g/mol. The minimum Gasteiger partial charge on any atom is -0.494 e. The van der Waals surface area contributed by atoms with Crippen LogP contribution in [0.15, 0.2) is 59.5 Å². The van der Waals surface area contributed by atoms with E-state index >= 15 is 0 Å². The van der Waals surface area contributed by atoms with Crippen LogP contribution < -0.4 is 15.6 Å². The molecule has 0 bridgehead atoms. The van der Waals surface area contributed by atoms with Gasteiger partial charge in [0.15, 0.2) is 0 Å². The number of rotatable bonds is 7. The number of ether oxygens (including phenoxy) is 1. The number of amides is 1. The Bertz CT molecular complexity index is 623. The van der Waals surface area contributed by atoms with E-state index in [1.807, 2.05) is 30.3 Å². The zero-order valence-electron chi connectivity index (χ0n) is 11.7. The van der Waals surface area contributed by atoms with Crippen LogP contribution in [0.4, 0.5) is 0 Å². The summed E-state index contributed by atoms with van der Waals surface area (Å²) >= 11 is 0. The highest BCUT2D eigenvalue weighted by molar-refractivity contribution is 5.75. The van der Waals surface area contributed by atoms with Gasteiger partial charge in [-0.05, 0) is 24.6 Å². The lowest BCUT2D eigenvalue weighted by atomic mass is 10.3. The quantitative estimate of drug-likeness (QED) is 0.783. The molecule has 0 saturated heterocycles. The Morgan fingerprint density at radius 2 is 1.86 bits per heavy atom. The van der Waals surface area contributed by atoms with E-state index in [0.717, 1.165) is 5.75 Å². The molecule has 0 saturated carbocycles. The minimum absolute atomic E-state index is 0.0409. The number of hydrogen-bond acceptors (Lipinski definition) is 3. The van der Waals surface area contributed by atoms with Crippen molar-refractivity contribution in [1.29, 1.82) is 0 Å². The lowest BCUT2D eigenvalue weighted by Gasteiger charge is -2.08. The number of hydrogen-bond donors (Lipinski definition) is 1. The van der Waals surface area contributed by atoms with Crippen LogP contribution in [0.25, 0.3) is 0 Å². The van der Waals surface area contributed by atoms with E-state index in [0.29, 0.717) is 19.6 Å². The van der Waals surface area contributed by atoms with Gasteiger partial charge >= 0.3 is 0 Å². The first-order chi connectivity index (χ1) is 10.3. The highest BCUT2D eigenvalue weighted by Gasteiger charge is 2.02. The molecule has 1 amide bonds. The molecule has 0 fully saturated rings. The molecule has 2 rings (SSSR count). The van der Waals surface area contributed by atoms with E-state index in [-0.39, 0.29) is 18.0 Å². The molecule has 0 aliphatic rings. The predicted molar refractivity (Wildman–Crippen MR) is 80.3 cm³/mol. The van der Waals surface area contributed by atoms with Crippen LogP contribution in [0.3, 0.4) is 0 Å². The topological polar surface area (TPSA) is 60.3 Å². The summed E-state index contributed by atoms with van der Waals surface area (Å²) in [5.41, 5.74) is -0.180. The second kappa shape index (κ2) is 7.89. The molecule has 110 valence electrons. The molecule has 0 unspecified atom stereocenters. The highest BCUT2D eigenvalue weighted by Crippen LogP contribution is 2.07. The highest BCUT2D eigenvalue weighted by atomic mass is 16.5. The summed E-state index contributed by atoms with van der Waals surface area (Å²) in [4.78, 5) is 23.1. The SMILES string of the molecule is O=C(Cn1ccccc1=O)NCCCOc1ccccc1.